The van der Waals surface area contributed by atoms with Gasteiger partial charge in [0.2, 0.25) is 0 Å². The van der Waals surface area contributed by atoms with Crippen molar-refractivity contribution in [2.45, 2.75) is 31.3 Å². The van der Waals surface area contributed by atoms with Gasteiger partial charge in [0, 0.05) is 12.3 Å². The predicted octanol–water partition coefficient (Wildman–Crippen LogP) is 0.470. The average Bonchev–Trinajstić information content (AvgIpc) is 2.13. The second-order valence-electron chi connectivity index (χ2n) is 4.51. The zero-order valence-corrected chi connectivity index (χ0v) is 8.48. The molecule has 1 saturated carbocycles. The van der Waals surface area contributed by atoms with Gasteiger partial charge in [-0.15, -0.1) is 0 Å². The molecule has 5 nitrogen and oxygen atoms in total. The van der Waals surface area contributed by atoms with Crippen molar-refractivity contribution >= 4 is 11.9 Å². The van der Waals surface area contributed by atoms with Crippen molar-refractivity contribution in [3.63, 3.8) is 0 Å². The first-order valence-electron chi connectivity index (χ1n) is 5.26. The van der Waals surface area contributed by atoms with Crippen molar-refractivity contribution in [2.75, 3.05) is 13.1 Å². The number of carbonyl (C=O) groups excluding carboxylic acids is 1. The number of Topliss-reactive ketones (excluding diaryl/α,β-unsaturated/α-hetero) is 1. The van der Waals surface area contributed by atoms with Crippen molar-refractivity contribution in [3.05, 3.63) is 0 Å². The third kappa shape index (κ3) is 1.71. The first kappa shape index (κ1) is 10.4. The third-order valence-electron chi connectivity index (χ3n) is 3.40. The van der Waals surface area contributed by atoms with E-state index >= 15 is 0 Å². The fourth-order valence-electron chi connectivity index (χ4n) is 2.52. The van der Waals surface area contributed by atoms with E-state index < -0.39 is 11.7 Å². The summed E-state index contributed by atoms with van der Waals surface area (Å²) in [5.41, 5.74) is -1.09. The summed E-state index contributed by atoms with van der Waals surface area (Å²) in [5.74, 6) is -0.254. The molecule has 1 atom stereocenters. The van der Waals surface area contributed by atoms with Crippen molar-refractivity contribution < 1.29 is 19.8 Å². The van der Waals surface area contributed by atoms with Crippen LogP contribution in [-0.2, 0) is 4.79 Å². The van der Waals surface area contributed by atoms with Crippen molar-refractivity contribution in [1.82, 2.24) is 4.90 Å². The maximum absolute atomic E-state index is 11.6. The summed E-state index contributed by atoms with van der Waals surface area (Å²) in [5, 5.41) is 18.8. The Balaban J connectivity index is 1.99. The minimum atomic E-state index is -1.09. The Morgan fingerprint density at radius 1 is 1.40 bits per heavy atom. The molecule has 84 valence electrons. The van der Waals surface area contributed by atoms with E-state index in [1.807, 2.05) is 0 Å². The molecule has 15 heavy (non-hydrogen) atoms. The smallest absolute Gasteiger partial charge is 0.407 e. The molecule has 0 aromatic carbocycles. The van der Waals surface area contributed by atoms with Gasteiger partial charge in [0.1, 0.15) is 11.4 Å². The number of β-amino-alcohol motifs (C(OH)–C–C–N with tert-alkyl or cyclic N) is 1. The highest BCUT2D eigenvalue weighted by Crippen LogP contribution is 2.36. The molecule has 0 radical (unpaired) electrons. The molecule has 1 heterocycles. The van der Waals surface area contributed by atoms with E-state index in [1.165, 1.54) is 0 Å². The lowest BCUT2D eigenvalue weighted by Crippen LogP contribution is -2.68. The normalized spacial score (nSPS) is 29.8. The Kier molecular flexibility index (Phi) is 2.42. The van der Waals surface area contributed by atoms with Gasteiger partial charge in [-0.3, -0.25) is 4.79 Å². The largest absolute Gasteiger partial charge is 0.465 e. The van der Waals surface area contributed by atoms with E-state index in [1.54, 1.807) is 0 Å². The third-order valence-corrected chi connectivity index (χ3v) is 3.40. The van der Waals surface area contributed by atoms with Crippen LogP contribution in [0, 0.1) is 5.92 Å². The molecule has 1 aliphatic carbocycles. The standard InChI is InChI=1S/C10H15NO4/c12-8-4-2-1-3-7(8)10(15)5-11(6-10)9(13)14/h7,15H,1-6H2,(H,13,14). The predicted molar refractivity (Wildman–Crippen MR) is 51.5 cm³/mol. The second kappa shape index (κ2) is 3.48. The number of nitrogens with zero attached hydrogens (tertiary/aromatic N) is 1. The quantitative estimate of drug-likeness (QED) is 0.663. The topological polar surface area (TPSA) is 77.8 Å². The number of rotatable bonds is 1. The van der Waals surface area contributed by atoms with Crippen molar-refractivity contribution in [2.24, 2.45) is 5.92 Å². The summed E-state index contributed by atoms with van der Waals surface area (Å²) in [6, 6.07) is 0. The summed E-state index contributed by atoms with van der Waals surface area (Å²) in [6.45, 7) is 0.164. The highest BCUT2D eigenvalue weighted by molar-refractivity contribution is 5.83. The Morgan fingerprint density at radius 3 is 2.60 bits per heavy atom. The number of amides is 1. The molecule has 0 bridgehead atoms. The fraction of sp³-hybridized carbons (Fsp3) is 0.800. The van der Waals surface area contributed by atoms with Crippen LogP contribution in [0.4, 0.5) is 4.79 Å². The number of carbonyl (C=O) groups is 2. The highest BCUT2D eigenvalue weighted by atomic mass is 16.4. The first-order chi connectivity index (χ1) is 7.03. The molecule has 1 unspecified atom stereocenters. The number of ketones is 1. The number of hydrogen-bond donors (Lipinski definition) is 2. The van der Waals surface area contributed by atoms with Gasteiger partial charge in [-0.1, -0.05) is 6.42 Å². The molecule has 2 aliphatic rings. The Labute approximate surface area is 87.7 Å². The van der Waals surface area contributed by atoms with Gasteiger partial charge < -0.3 is 15.1 Å². The first-order valence-corrected chi connectivity index (χ1v) is 5.26. The van der Waals surface area contributed by atoms with Crippen LogP contribution < -0.4 is 0 Å². The monoisotopic (exact) mass is 213 g/mol. The Morgan fingerprint density at radius 2 is 2.07 bits per heavy atom. The maximum Gasteiger partial charge on any atom is 0.407 e. The van der Waals surface area contributed by atoms with Crippen molar-refractivity contribution in [1.29, 1.82) is 0 Å². The molecule has 1 aliphatic heterocycles. The van der Waals surface area contributed by atoms with Gasteiger partial charge in [-0.05, 0) is 12.8 Å². The second-order valence-corrected chi connectivity index (χ2v) is 4.51. The van der Waals surface area contributed by atoms with Crippen LogP contribution in [0.25, 0.3) is 0 Å². The van der Waals surface area contributed by atoms with Crippen LogP contribution >= 0.6 is 0 Å². The average molecular weight is 213 g/mol. The van der Waals surface area contributed by atoms with Gasteiger partial charge in [0.25, 0.3) is 0 Å². The Bertz CT molecular complexity index is 296. The van der Waals surface area contributed by atoms with Crippen molar-refractivity contribution in [3.8, 4) is 0 Å². The molecule has 2 N–H and O–H groups in total. The van der Waals surface area contributed by atoms with E-state index in [-0.39, 0.29) is 24.8 Å². The van der Waals surface area contributed by atoms with Crippen LogP contribution in [0.1, 0.15) is 25.7 Å². The number of likely N-dealkylation sites (tertiary alicyclic amines) is 1. The van der Waals surface area contributed by atoms with Crippen LogP contribution in [-0.4, -0.2) is 45.7 Å². The zero-order chi connectivity index (χ0) is 11.1. The number of hydrogen-bond acceptors (Lipinski definition) is 3. The van der Waals surface area contributed by atoms with Gasteiger partial charge in [-0.25, -0.2) is 4.79 Å². The highest BCUT2D eigenvalue weighted by Gasteiger charge is 2.52. The molecule has 2 rings (SSSR count). The lowest BCUT2D eigenvalue weighted by Gasteiger charge is -2.49. The minimum Gasteiger partial charge on any atom is -0.465 e. The summed E-state index contributed by atoms with van der Waals surface area (Å²) in [6.07, 6.45) is 2.05. The zero-order valence-electron chi connectivity index (χ0n) is 8.48. The minimum absolute atomic E-state index is 0.0821. The number of aliphatic hydroxyl groups is 1. The van der Waals surface area contributed by atoms with E-state index in [0.29, 0.717) is 12.8 Å². The van der Waals surface area contributed by atoms with E-state index in [4.69, 9.17) is 5.11 Å². The van der Waals surface area contributed by atoms with Crippen LogP contribution in [0.15, 0.2) is 0 Å². The molecule has 0 aromatic rings. The van der Waals surface area contributed by atoms with Gasteiger partial charge in [-0.2, -0.15) is 0 Å². The molecule has 0 spiro atoms. The molecule has 0 aromatic heterocycles. The molecular formula is C10H15NO4. The molecule has 1 saturated heterocycles. The lowest BCUT2D eigenvalue weighted by molar-refractivity contribution is -0.155. The molecular weight excluding hydrogens is 198 g/mol. The van der Waals surface area contributed by atoms with Gasteiger partial charge in [0.05, 0.1) is 13.1 Å². The SMILES string of the molecule is O=C1CCCCC1C1(O)CN(C(=O)O)C1. The molecule has 5 heteroatoms. The maximum atomic E-state index is 11.6. The molecule has 1 amide bonds. The Hall–Kier alpha value is -1.10. The van der Waals surface area contributed by atoms with Crippen LogP contribution in [0.2, 0.25) is 0 Å². The fourth-order valence-corrected chi connectivity index (χ4v) is 2.52. The summed E-state index contributed by atoms with van der Waals surface area (Å²) < 4.78 is 0. The lowest BCUT2D eigenvalue weighted by atomic mass is 9.72. The van der Waals surface area contributed by atoms with E-state index in [2.05, 4.69) is 0 Å². The van der Waals surface area contributed by atoms with E-state index in [9.17, 15) is 14.7 Å². The van der Waals surface area contributed by atoms with E-state index in [0.717, 1.165) is 17.7 Å². The van der Waals surface area contributed by atoms with Gasteiger partial charge in [0.15, 0.2) is 0 Å². The van der Waals surface area contributed by atoms with Crippen LogP contribution in [0.3, 0.4) is 0 Å². The van der Waals surface area contributed by atoms with Crippen LogP contribution in [0.5, 0.6) is 0 Å². The molecule has 2 fully saturated rings. The summed E-state index contributed by atoms with van der Waals surface area (Å²) >= 11 is 0. The summed E-state index contributed by atoms with van der Waals surface area (Å²) in [7, 11) is 0. The summed E-state index contributed by atoms with van der Waals surface area (Å²) in [4.78, 5) is 23.3. The number of carboxylic acid groups (broad SMARTS) is 1. The van der Waals surface area contributed by atoms with Gasteiger partial charge >= 0.3 is 6.09 Å².